The first kappa shape index (κ1) is 27.9. The molecule has 0 spiro atoms. The van der Waals surface area contributed by atoms with E-state index in [1.165, 1.54) is 22.7 Å². The largest absolute Gasteiger partial charge is 0.507 e. The second kappa shape index (κ2) is 11.6. The van der Waals surface area contributed by atoms with E-state index >= 15 is 0 Å². The van der Waals surface area contributed by atoms with E-state index in [9.17, 15) is 19.1 Å². The minimum Gasteiger partial charge on any atom is -0.507 e. The molecule has 0 aliphatic carbocycles. The van der Waals surface area contributed by atoms with E-state index in [0.717, 1.165) is 16.9 Å². The zero-order valence-corrected chi connectivity index (χ0v) is 24.4. The number of ether oxygens (including phenoxy) is 2. The molecule has 3 aromatic carbocycles. The van der Waals surface area contributed by atoms with E-state index in [-0.39, 0.29) is 28.2 Å². The maximum atomic E-state index is 14.1. The standard InChI is InChI=1S/C31H26FN3O5S2/c1-17(2)18-7-9-19(10-8-18)26-25(27(36)20-11-12-23-24(15-20)40-14-13-39-23)28(37)29(38)35(26)30-33-34-31(42-30)41-16-21-5-3-4-6-22(21)32/h3-12,15,17,26,36H,13-14,16H2,1-2H3. The van der Waals surface area contributed by atoms with Crippen LogP contribution in [0.4, 0.5) is 9.52 Å². The first-order valence-electron chi connectivity index (χ1n) is 13.3. The third-order valence-corrected chi connectivity index (χ3v) is 9.19. The summed E-state index contributed by atoms with van der Waals surface area (Å²) in [5.74, 6) is -0.727. The summed E-state index contributed by atoms with van der Waals surface area (Å²) in [6.45, 7) is 4.92. The van der Waals surface area contributed by atoms with Gasteiger partial charge in [-0.05, 0) is 46.9 Å². The van der Waals surface area contributed by atoms with Crippen LogP contribution < -0.4 is 14.4 Å². The van der Waals surface area contributed by atoms with Crippen LogP contribution in [0, 0.1) is 5.82 Å². The SMILES string of the molecule is CC(C)c1ccc(C2C(=C(O)c3ccc4c(c3)OCCO4)C(=O)C(=O)N2c2nnc(SCc3ccccc3F)s2)cc1. The van der Waals surface area contributed by atoms with Crippen LogP contribution in [0.15, 0.2) is 76.6 Å². The van der Waals surface area contributed by atoms with Gasteiger partial charge in [-0.25, -0.2) is 4.39 Å². The van der Waals surface area contributed by atoms with Gasteiger partial charge < -0.3 is 14.6 Å². The van der Waals surface area contributed by atoms with Gasteiger partial charge in [0.1, 0.15) is 24.8 Å². The van der Waals surface area contributed by atoms with Crippen molar-refractivity contribution in [2.24, 2.45) is 0 Å². The predicted molar refractivity (Wildman–Crippen MR) is 159 cm³/mol. The molecule has 2 aliphatic heterocycles. The van der Waals surface area contributed by atoms with E-state index in [1.54, 1.807) is 36.4 Å². The van der Waals surface area contributed by atoms with Crippen molar-refractivity contribution in [1.82, 2.24) is 10.2 Å². The lowest BCUT2D eigenvalue weighted by Crippen LogP contribution is -2.29. The van der Waals surface area contributed by atoms with Crippen LogP contribution in [0.2, 0.25) is 0 Å². The molecular formula is C31H26FN3O5S2. The van der Waals surface area contributed by atoms with Gasteiger partial charge in [0.15, 0.2) is 15.8 Å². The van der Waals surface area contributed by atoms with Crippen molar-refractivity contribution < 1.29 is 28.6 Å². The van der Waals surface area contributed by atoms with E-state index in [2.05, 4.69) is 24.0 Å². The topological polar surface area (TPSA) is 102 Å². The van der Waals surface area contributed by atoms with Gasteiger partial charge in [0.25, 0.3) is 5.78 Å². The van der Waals surface area contributed by atoms with Crippen molar-refractivity contribution in [1.29, 1.82) is 0 Å². The number of rotatable bonds is 7. The quantitative estimate of drug-likeness (QED) is 0.0841. The van der Waals surface area contributed by atoms with Gasteiger partial charge in [-0.15, -0.1) is 10.2 Å². The highest BCUT2D eigenvalue weighted by Crippen LogP contribution is 2.45. The molecule has 0 saturated carbocycles. The van der Waals surface area contributed by atoms with Crippen molar-refractivity contribution in [2.45, 2.75) is 35.9 Å². The van der Waals surface area contributed by atoms with Crippen LogP contribution in [-0.2, 0) is 15.3 Å². The van der Waals surface area contributed by atoms with Crippen molar-refractivity contribution in [3.63, 3.8) is 0 Å². The summed E-state index contributed by atoms with van der Waals surface area (Å²) in [6, 6.07) is 18.0. The smallest absolute Gasteiger partial charge is 0.301 e. The summed E-state index contributed by atoms with van der Waals surface area (Å²) in [5.41, 5.74) is 2.49. The molecule has 0 radical (unpaired) electrons. The third-order valence-electron chi connectivity index (χ3n) is 7.09. The third kappa shape index (κ3) is 5.25. The van der Waals surface area contributed by atoms with Crippen molar-refractivity contribution in [3.8, 4) is 11.5 Å². The van der Waals surface area contributed by atoms with Gasteiger partial charge in [-0.2, -0.15) is 0 Å². The molecule has 11 heteroatoms. The fourth-order valence-corrected chi connectivity index (χ4v) is 6.72. The maximum Gasteiger partial charge on any atom is 0.301 e. The molecule has 1 unspecified atom stereocenters. The number of carbonyl (C=O) groups is 2. The number of carbonyl (C=O) groups excluding carboxylic acids is 2. The Morgan fingerprint density at radius 2 is 1.79 bits per heavy atom. The van der Waals surface area contributed by atoms with Crippen LogP contribution in [0.25, 0.3) is 5.76 Å². The van der Waals surface area contributed by atoms with Crippen LogP contribution in [-0.4, -0.2) is 40.2 Å². The molecule has 0 bridgehead atoms. The molecule has 3 heterocycles. The van der Waals surface area contributed by atoms with Gasteiger partial charge in [0.05, 0.1) is 11.6 Å². The normalized spacial score (nSPS) is 17.7. The number of hydrogen-bond acceptors (Lipinski definition) is 9. The number of fused-ring (bicyclic) bond motifs is 1. The van der Waals surface area contributed by atoms with Gasteiger partial charge in [-0.1, -0.05) is 79.4 Å². The number of aliphatic hydroxyl groups excluding tert-OH is 1. The lowest BCUT2D eigenvalue weighted by molar-refractivity contribution is -0.132. The van der Waals surface area contributed by atoms with Crippen molar-refractivity contribution in [2.75, 3.05) is 18.1 Å². The van der Waals surface area contributed by atoms with E-state index in [1.807, 2.05) is 24.3 Å². The Labute approximate surface area is 249 Å². The molecule has 8 nitrogen and oxygen atoms in total. The molecule has 1 fully saturated rings. The van der Waals surface area contributed by atoms with Crippen LogP contribution in [0.1, 0.15) is 48.1 Å². The molecule has 2 aliphatic rings. The lowest BCUT2D eigenvalue weighted by Gasteiger charge is -2.23. The molecule has 4 aromatic rings. The summed E-state index contributed by atoms with van der Waals surface area (Å²) in [5, 5.41) is 20.1. The monoisotopic (exact) mass is 603 g/mol. The summed E-state index contributed by atoms with van der Waals surface area (Å²) in [7, 11) is 0. The average molecular weight is 604 g/mol. The fourth-order valence-electron chi connectivity index (χ4n) is 4.87. The van der Waals surface area contributed by atoms with Crippen LogP contribution in [0.5, 0.6) is 11.5 Å². The number of nitrogens with zero attached hydrogens (tertiary/aromatic N) is 3. The minimum absolute atomic E-state index is 0.0651. The first-order chi connectivity index (χ1) is 20.3. The van der Waals surface area contributed by atoms with E-state index in [0.29, 0.717) is 51.5 Å². The number of hydrogen-bond donors (Lipinski definition) is 1. The highest BCUT2D eigenvalue weighted by Gasteiger charge is 2.48. The number of benzene rings is 3. The number of aliphatic hydroxyl groups is 1. The highest BCUT2D eigenvalue weighted by molar-refractivity contribution is 8.00. The molecule has 1 N–H and O–H groups in total. The lowest BCUT2D eigenvalue weighted by atomic mass is 9.93. The Hall–Kier alpha value is -4.22. The van der Waals surface area contributed by atoms with Crippen molar-refractivity contribution in [3.05, 3.63) is 100 Å². The Morgan fingerprint density at radius 3 is 2.52 bits per heavy atom. The Kier molecular flexibility index (Phi) is 7.70. The number of anilines is 1. The molecule has 1 saturated heterocycles. The van der Waals surface area contributed by atoms with Gasteiger partial charge in [0, 0.05) is 11.3 Å². The number of aromatic nitrogens is 2. The number of Topliss-reactive ketones (excluding diaryl/α,β-unsaturated/α-hetero) is 1. The number of ketones is 1. The summed E-state index contributed by atoms with van der Waals surface area (Å²) in [6.07, 6.45) is 0. The number of amides is 1. The Morgan fingerprint density at radius 1 is 1.05 bits per heavy atom. The molecule has 214 valence electrons. The summed E-state index contributed by atoms with van der Waals surface area (Å²) in [4.78, 5) is 28.4. The zero-order chi connectivity index (χ0) is 29.4. The van der Waals surface area contributed by atoms with Crippen molar-refractivity contribution >= 4 is 45.7 Å². The number of thioether (sulfide) groups is 1. The summed E-state index contributed by atoms with van der Waals surface area (Å²) < 4.78 is 25.9. The average Bonchev–Trinajstić information content (AvgIpc) is 3.57. The van der Waals surface area contributed by atoms with E-state index in [4.69, 9.17) is 9.47 Å². The van der Waals surface area contributed by atoms with Gasteiger partial charge in [-0.3, -0.25) is 14.5 Å². The fraction of sp³-hybridized carbons (Fsp3) is 0.226. The van der Waals surface area contributed by atoms with Gasteiger partial charge >= 0.3 is 5.91 Å². The predicted octanol–water partition coefficient (Wildman–Crippen LogP) is 6.49. The molecule has 6 rings (SSSR count). The summed E-state index contributed by atoms with van der Waals surface area (Å²) >= 11 is 2.41. The van der Waals surface area contributed by atoms with Gasteiger partial charge in [0.2, 0.25) is 5.13 Å². The Balaban J connectivity index is 1.40. The zero-order valence-electron chi connectivity index (χ0n) is 22.7. The second-order valence-corrected chi connectivity index (χ2v) is 12.3. The van der Waals surface area contributed by atoms with E-state index < -0.39 is 17.7 Å². The first-order valence-corrected chi connectivity index (χ1v) is 15.1. The highest BCUT2D eigenvalue weighted by atomic mass is 32.2. The molecule has 1 atom stereocenters. The molecule has 1 aromatic heterocycles. The van der Waals surface area contributed by atoms with Crippen LogP contribution in [0.3, 0.4) is 0 Å². The molecular weight excluding hydrogens is 577 g/mol. The minimum atomic E-state index is -0.947. The van der Waals surface area contributed by atoms with Crippen LogP contribution >= 0.6 is 23.1 Å². The second-order valence-electron chi connectivity index (χ2n) is 10.1. The number of halogens is 1. The maximum absolute atomic E-state index is 14.1. The molecule has 42 heavy (non-hydrogen) atoms. The molecule has 1 amide bonds. The Bertz CT molecular complexity index is 1700.